The smallest absolute Gasteiger partial charge is 0.188 e. The third kappa shape index (κ3) is 2.24. The van der Waals surface area contributed by atoms with Gasteiger partial charge < -0.3 is 9.47 Å². The van der Waals surface area contributed by atoms with Crippen molar-refractivity contribution in [2.45, 2.75) is 0 Å². The van der Waals surface area contributed by atoms with Crippen LogP contribution in [0, 0.1) is 5.82 Å². The Balaban J connectivity index is 2.72. The molecular formula is C8H10BFO2. The number of ether oxygens (including phenoxy) is 2. The molecule has 1 aromatic carbocycles. The first-order valence-corrected chi connectivity index (χ1v) is 3.62. The molecule has 2 nitrogen and oxygen atoms in total. The zero-order valence-electron chi connectivity index (χ0n) is 7.13. The Morgan fingerprint density at radius 2 is 2.25 bits per heavy atom. The van der Waals surface area contributed by atoms with Gasteiger partial charge >= 0.3 is 0 Å². The maximum absolute atomic E-state index is 13.0. The van der Waals surface area contributed by atoms with Crippen LogP contribution >= 0.6 is 0 Å². The number of hydrogen-bond acceptors (Lipinski definition) is 2. The lowest BCUT2D eigenvalue weighted by atomic mass is 9.96. The van der Waals surface area contributed by atoms with Gasteiger partial charge in [-0.2, -0.15) is 0 Å². The highest BCUT2D eigenvalue weighted by molar-refractivity contribution is 6.32. The Morgan fingerprint density at radius 1 is 1.50 bits per heavy atom. The summed E-state index contributed by atoms with van der Waals surface area (Å²) < 4.78 is 22.6. The summed E-state index contributed by atoms with van der Waals surface area (Å²) in [7, 11) is 3.31. The summed E-state index contributed by atoms with van der Waals surface area (Å²) in [5.74, 6) is -0.130. The highest BCUT2D eigenvalue weighted by atomic mass is 19.1. The zero-order valence-corrected chi connectivity index (χ0v) is 7.13. The first-order chi connectivity index (χ1) is 5.74. The minimum Gasteiger partial charge on any atom is -0.464 e. The highest BCUT2D eigenvalue weighted by Crippen LogP contribution is 2.13. The summed E-state index contributed by atoms with van der Waals surface area (Å²) in [5, 5.41) is 0. The lowest BCUT2D eigenvalue weighted by molar-refractivity contribution is 0.0483. The number of hydrogen-bond donors (Lipinski definition) is 0. The minimum absolute atomic E-state index is 0.0694. The number of rotatable bonds is 3. The predicted octanol–water partition coefficient (Wildman–Crippen LogP) is 0.0668. The van der Waals surface area contributed by atoms with Gasteiger partial charge in [-0.1, -0.05) is 11.5 Å². The second kappa shape index (κ2) is 4.11. The van der Waals surface area contributed by atoms with Gasteiger partial charge in [0.15, 0.2) is 18.4 Å². The van der Waals surface area contributed by atoms with Crippen molar-refractivity contribution in [3.8, 4) is 5.75 Å². The SMILES string of the molecule is Bc1ccc(OCOC)c(F)c1. The van der Waals surface area contributed by atoms with E-state index in [9.17, 15) is 4.39 Å². The Kier molecular flexibility index (Phi) is 3.11. The van der Waals surface area contributed by atoms with Gasteiger partial charge in [0.2, 0.25) is 0 Å². The second-order valence-corrected chi connectivity index (χ2v) is 2.48. The first-order valence-electron chi connectivity index (χ1n) is 3.62. The van der Waals surface area contributed by atoms with E-state index in [4.69, 9.17) is 4.74 Å². The molecule has 0 saturated carbocycles. The quantitative estimate of drug-likeness (QED) is 0.469. The Morgan fingerprint density at radius 3 is 2.83 bits per heavy atom. The van der Waals surface area contributed by atoms with Crippen molar-refractivity contribution in [2.75, 3.05) is 13.9 Å². The standard InChI is InChI=1S/C8H10BFO2/c1-11-5-12-8-3-2-6(9)4-7(8)10/h2-4H,5,9H2,1H3. The molecule has 0 aliphatic carbocycles. The monoisotopic (exact) mass is 168 g/mol. The van der Waals surface area contributed by atoms with E-state index in [1.54, 1.807) is 12.1 Å². The summed E-state index contributed by atoms with van der Waals surface area (Å²) in [6, 6.07) is 4.79. The summed E-state index contributed by atoms with van der Waals surface area (Å²) >= 11 is 0. The lowest BCUT2D eigenvalue weighted by Crippen LogP contribution is -2.06. The highest BCUT2D eigenvalue weighted by Gasteiger charge is 2.01. The van der Waals surface area contributed by atoms with E-state index in [0.29, 0.717) is 0 Å². The summed E-state index contributed by atoms with van der Waals surface area (Å²) in [6.45, 7) is 0.0694. The molecule has 0 radical (unpaired) electrons. The number of benzene rings is 1. The van der Waals surface area contributed by atoms with Gasteiger partial charge in [-0.25, -0.2) is 4.39 Å². The van der Waals surface area contributed by atoms with Gasteiger partial charge in [-0.3, -0.25) is 0 Å². The topological polar surface area (TPSA) is 18.5 Å². The molecule has 1 rings (SSSR count). The molecule has 0 heterocycles. The fourth-order valence-electron chi connectivity index (χ4n) is 0.845. The van der Waals surface area contributed by atoms with Crippen LogP contribution in [0.5, 0.6) is 5.75 Å². The molecule has 1 aromatic rings. The van der Waals surface area contributed by atoms with Gasteiger partial charge in [0.05, 0.1) is 0 Å². The van der Waals surface area contributed by atoms with E-state index in [1.807, 2.05) is 7.85 Å². The van der Waals surface area contributed by atoms with E-state index in [-0.39, 0.29) is 18.4 Å². The van der Waals surface area contributed by atoms with Crippen LogP contribution in [0.1, 0.15) is 0 Å². The third-order valence-electron chi connectivity index (χ3n) is 1.42. The van der Waals surface area contributed by atoms with E-state index >= 15 is 0 Å². The van der Waals surface area contributed by atoms with Crippen molar-refractivity contribution in [1.29, 1.82) is 0 Å². The first kappa shape index (κ1) is 9.07. The van der Waals surface area contributed by atoms with Crippen LogP contribution in [-0.2, 0) is 4.74 Å². The van der Waals surface area contributed by atoms with Gasteiger partial charge in [0.1, 0.15) is 7.85 Å². The molecule has 0 unspecified atom stereocenters. The minimum atomic E-state index is -0.355. The molecule has 0 amide bonds. The van der Waals surface area contributed by atoms with Crippen molar-refractivity contribution in [2.24, 2.45) is 0 Å². The summed E-state index contributed by atoms with van der Waals surface area (Å²) in [4.78, 5) is 0. The molecular weight excluding hydrogens is 158 g/mol. The Bertz CT molecular complexity index is 265. The van der Waals surface area contributed by atoms with Gasteiger partial charge in [0.25, 0.3) is 0 Å². The molecule has 0 aliphatic rings. The van der Waals surface area contributed by atoms with Gasteiger partial charge in [-0.15, -0.1) is 0 Å². The van der Waals surface area contributed by atoms with Crippen molar-refractivity contribution >= 4 is 13.3 Å². The maximum Gasteiger partial charge on any atom is 0.188 e. The molecule has 0 fully saturated rings. The van der Waals surface area contributed by atoms with E-state index in [0.717, 1.165) is 5.46 Å². The van der Waals surface area contributed by atoms with Crippen LogP contribution in [0.4, 0.5) is 4.39 Å². The molecule has 0 aliphatic heterocycles. The van der Waals surface area contributed by atoms with Crippen LogP contribution in [0.2, 0.25) is 0 Å². The fourth-order valence-corrected chi connectivity index (χ4v) is 0.845. The molecule has 0 N–H and O–H groups in total. The Labute approximate surface area is 71.7 Å². The van der Waals surface area contributed by atoms with Crippen LogP contribution in [-0.4, -0.2) is 21.7 Å². The average Bonchev–Trinajstić information content (AvgIpc) is 2.03. The third-order valence-corrected chi connectivity index (χ3v) is 1.42. The van der Waals surface area contributed by atoms with Gasteiger partial charge in [0, 0.05) is 7.11 Å². The van der Waals surface area contributed by atoms with Crippen LogP contribution in [0.3, 0.4) is 0 Å². The summed E-state index contributed by atoms with van der Waals surface area (Å²) in [5.41, 5.74) is 0.872. The van der Waals surface area contributed by atoms with Crippen molar-refractivity contribution in [1.82, 2.24) is 0 Å². The molecule has 0 aromatic heterocycles. The lowest BCUT2D eigenvalue weighted by Gasteiger charge is -2.05. The summed E-state index contributed by atoms with van der Waals surface area (Å²) in [6.07, 6.45) is 0. The maximum atomic E-state index is 13.0. The molecule has 4 heteroatoms. The molecule has 64 valence electrons. The predicted molar refractivity (Wildman–Crippen MR) is 47.1 cm³/mol. The van der Waals surface area contributed by atoms with Crippen molar-refractivity contribution in [3.05, 3.63) is 24.0 Å². The molecule has 0 spiro atoms. The number of methoxy groups -OCH3 is 1. The van der Waals surface area contributed by atoms with E-state index in [1.165, 1.54) is 13.2 Å². The Hall–Kier alpha value is -1.03. The molecule has 0 saturated heterocycles. The zero-order chi connectivity index (χ0) is 8.97. The largest absolute Gasteiger partial charge is 0.464 e. The van der Waals surface area contributed by atoms with Gasteiger partial charge in [-0.05, 0) is 12.1 Å². The van der Waals surface area contributed by atoms with Crippen LogP contribution < -0.4 is 10.2 Å². The average molecular weight is 168 g/mol. The van der Waals surface area contributed by atoms with E-state index in [2.05, 4.69) is 4.74 Å². The van der Waals surface area contributed by atoms with Crippen molar-refractivity contribution < 1.29 is 13.9 Å². The van der Waals surface area contributed by atoms with Crippen molar-refractivity contribution in [3.63, 3.8) is 0 Å². The normalized spacial score (nSPS) is 9.83. The molecule has 0 atom stereocenters. The molecule has 12 heavy (non-hydrogen) atoms. The number of halogens is 1. The second-order valence-electron chi connectivity index (χ2n) is 2.48. The van der Waals surface area contributed by atoms with Crippen LogP contribution in [0.25, 0.3) is 0 Å². The van der Waals surface area contributed by atoms with Crippen LogP contribution in [0.15, 0.2) is 18.2 Å². The van der Waals surface area contributed by atoms with E-state index < -0.39 is 0 Å². The molecule has 0 bridgehead atoms. The fraction of sp³-hybridized carbons (Fsp3) is 0.250.